The Morgan fingerprint density at radius 1 is 1.39 bits per heavy atom. The number of hydrogen-bond donors (Lipinski definition) is 1. The summed E-state index contributed by atoms with van der Waals surface area (Å²) in [7, 11) is -6.09. The molecule has 0 aliphatic heterocycles. The second-order valence-corrected chi connectivity index (χ2v) is 4.94. The van der Waals surface area contributed by atoms with Crippen LogP contribution >= 0.6 is 0 Å². The van der Waals surface area contributed by atoms with Crippen molar-refractivity contribution < 1.29 is 30.7 Å². The van der Waals surface area contributed by atoms with Crippen molar-refractivity contribution in [3.8, 4) is 0 Å². The van der Waals surface area contributed by atoms with Crippen LogP contribution < -0.4 is 4.57 Å². The number of aryl methyl sites for hydroxylation is 2. The summed E-state index contributed by atoms with van der Waals surface area (Å²) in [5.41, 5.74) is -4.33. The van der Waals surface area contributed by atoms with Gasteiger partial charge in [0.2, 0.25) is 0 Å². The van der Waals surface area contributed by atoms with Gasteiger partial charge in [-0.15, -0.1) is 0 Å². The number of nitrogens with one attached hydrogen (secondary N) is 1. The minimum Gasteiger partial charge on any atom is -0.741 e. The van der Waals surface area contributed by atoms with Crippen molar-refractivity contribution in [1.29, 1.82) is 0 Å². The zero-order valence-corrected chi connectivity index (χ0v) is 11.0. The number of aromatic nitrogens is 2. The first kappa shape index (κ1) is 16.9. The Balaban J connectivity index is 0.000000331. The highest BCUT2D eigenvalue weighted by atomic mass is 32.2. The Hall–Kier alpha value is -1.09. The average molecular weight is 288 g/mol. The van der Waals surface area contributed by atoms with E-state index in [9.17, 15) is 13.2 Å². The summed E-state index contributed by atoms with van der Waals surface area (Å²) in [5, 5.41) is 0. The number of hydrogen-bond acceptors (Lipinski definition) is 3. The van der Waals surface area contributed by atoms with Crippen molar-refractivity contribution in [3.05, 3.63) is 17.7 Å². The van der Waals surface area contributed by atoms with Crippen molar-refractivity contribution in [2.45, 2.75) is 39.2 Å². The molecule has 1 N–H and O–H groups in total. The van der Waals surface area contributed by atoms with Crippen LogP contribution in [-0.4, -0.2) is 23.5 Å². The number of aromatic amines is 1. The predicted molar refractivity (Wildman–Crippen MR) is 56.5 cm³/mol. The lowest BCUT2D eigenvalue weighted by atomic mass is 10.4. The van der Waals surface area contributed by atoms with Crippen LogP contribution in [0.15, 0.2) is 6.20 Å². The molecule has 0 unspecified atom stereocenters. The van der Waals surface area contributed by atoms with Gasteiger partial charge in [0.05, 0.1) is 6.54 Å². The minimum absolute atomic E-state index is 1.13. The van der Waals surface area contributed by atoms with Crippen LogP contribution in [0.3, 0.4) is 0 Å². The molecule has 1 aromatic heterocycles. The highest BCUT2D eigenvalue weighted by Crippen LogP contribution is 2.20. The monoisotopic (exact) mass is 288 g/mol. The van der Waals surface area contributed by atoms with Gasteiger partial charge in [-0.05, 0) is 6.42 Å². The summed E-state index contributed by atoms with van der Waals surface area (Å²) >= 11 is 0. The lowest BCUT2D eigenvalue weighted by Crippen LogP contribution is -2.37. The molecule has 0 saturated heterocycles. The molecule has 0 saturated carbocycles. The van der Waals surface area contributed by atoms with Crippen LogP contribution in [0.2, 0.25) is 0 Å². The topological polar surface area (TPSA) is 76.9 Å². The van der Waals surface area contributed by atoms with Crippen LogP contribution in [0.4, 0.5) is 13.2 Å². The first-order valence-electron chi connectivity index (χ1n) is 5.07. The zero-order valence-electron chi connectivity index (χ0n) is 10.2. The maximum atomic E-state index is 10.7. The summed E-state index contributed by atoms with van der Waals surface area (Å²) in [6, 6.07) is 0. The highest BCUT2D eigenvalue weighted by molar-refractivity contribution is 7.86. The lowest BCUT2D eigenvalue weighted by Gasteiger charge is -2.08. The quantitative estimate of drug-likeness (QED) is 0.507. The van der Waals surface area contributed by atoms with Gasteiger partial charge < -0.3 is 4.55 Å². The van der Waals surface area contributed by atoms with E-state index in [0.717, 1.165) is 6.54 Å². The first-order valence-corrected chi connectivity index (χ1v) is 6.48. The third-order valence-electron chi connectivity index (χ3n) is 2.05. The van der Waals surface area contributed by atoms with Gasteiger partial charge in [-0.25, -0.2) is 18.0 Å². The number of alkyl halides is 3. The van der Waals surface area contributed by atoms with Crippen LogP contribution in [0.5, 0.6) is 0 Å². The Morgan fingerprint density at radius 2 is 1.83 bits per heavy atom. The molecule has 0 amide bonds. The second kappa shape index (κ2) is 6.19. The van der Waals surface area contributed by atoms with E-state index >= 15 is 0 Å². The SMILES string of the molecule is CCC[n+]1c(C)c[nH]c1C.O=S(=O)([O-])C(F)(F)F. The molecule has 1 heterocycles. The normalized spacial score (nSPS) is 11.9. The minimum atomic E-state index is -6.09. The molecule has 0 atom stereocenters. The Bertz CT molecular complexity index is 460. The fraction of sp³-hybridized carbons (Fsp3) is 0.667. The predicted octanol–water partition coefficient (Wildman–Crippen LogP) is 1.38. The molecule has 1 aromatic rings. The Kier molecular flexibility index (Phi) is 5.81. The summed E-state index contributed by atoms with van der Waals surface area (Å²) in [5.74, 6) is 1.25. The maximum Gasteiger partial charge on any atom is 0.485 e. The van der Waals surface area contributed by atoms with Crippen molar-refractivity contribution in [1.82, 2.24) is 4.98 Å². The third-order valence-corrected chi connectivity index (χ3v) is 2.62. The summed E-state index contributed by atoms with van der Waals surface area (Å²) in [4.78, 5) is 3.18. The molecule has 0 bridgehead atoms. The van der Waals surface area contributed by atoms with Crippen molar-refractivity contribution >= 4 is 10.1 Å². The summed E-state index contributed by atoms with van der Waals surface area (Å²) in [6.45, 7) is 7.54. The molecular weight excluding hydrogens is 273 g/mol. The molecule has 5 nitrogen and oxygen atoms in total. The van der Waals surface area contributed by atoms with E-state index in [1.807, 2.05) is 6.20 Å². The van der Waals surface area contributed by atoms with Crippen molar-refractivity contribution in [2.75, 3.05) is 0 Å². The van der Waals surface area contributed by atoms with E-state index in [1.165, 1.54) is 17.9 Å². The maximum absolute atomic E-state index is 10.7. The van der Waals surface area contributed by atoms with Gasteiger partial charge in [0.25, 0.3) is 5.82 Å². The van der Waals surface area contributed by atoms with Crippen molar-refractivity contribution in [2.24, 2.45) is 0 Å². The fourth-order valence-corrected chi connectivity index (χ4v) is 1.20. The van der Waals surface area contributed by atoms with Crippen LogP contribution in [0, 0.1) is 13.8 Å². The standard InChI is InChI=1S/C8H14N2.CHF3O3S/c1-4-5-10-7(2)6-9-8(10)3;2-1(3,4)8(5,6)7/h6H,4-5H2,1-3H3;(H,5,6,7). The summed E-state index contributed by atoms with van der Waals surface area (Å²) in [6.07, 6.45) is 3.25. The van der Waals surface area contributed by atoms with Gasteiger partial charge >= 0.3 is 5.51 Å². The number of nitrogens with zero attached hydrogens (tertiary/aromatic N) is 1. The third kappa shape index (κ3) is 5.05. The van der Waals surface area contributed by atoms with Crippen LogP contribution in [0.25, 0.3) is 0 Å². The van der Waals surface area contributed by atoms with E-state index in [1.54, 1.807) is 0 Å². The first-order chi connectivity index (χ1) is 8.00. The molecule has 106 valence electrons. The number of halogens is 3. The molecule has 18 heavy (non-hydrogen) atoms. The molecule has 0 spiro atoms. The molecule has 0 fully saturated rings. The molecule has 1 rings (SSSR count). The van der Waals surface area contributed by atoms with Gasteiger partial charge in [0.1, 0.15) is 11.9 Å². The van der Waals surface area contributed by atoms with Gasteiger partial charge in [0.15, 0.2) is 10.1 Å². The number of H-pyrrole nitrogens is 1. The van der Waals surface area contributed by atoms with E-state index in [2.05, 4.69) is 30.3 Å². The van der Waals surface area contributed by atoms with Crippen LogP contribution in [0.1, 0.15) is 24.9 Å². The van der Waals surface area contributed by atoms with Gasteiger partial charge in [-0.3, -0.25) is 0 Å². The molecule has 9 heteroatoms. The van der Waals surface area contributed by atoms with Crippen molar-refractivity contribution in [3.63, 3.8) is 0 Å². The largest absolute Gasteiger partial charge is 0.741 e. The fourth-order valence-electron chi connectivity index (χ4n) is 1.20. The average Bonchev–Trinajstić information content (AvgIpc) is 2.48. The number of imidazole rings is 1. The molecule has 0 aliphatic rings. The smallest absolute Gasteiger partial charge is 0.485 e. The molecular formula is C9H15F3N2O3S. The lowest BCUT2D eigenvalue weighted by molar-refractivity contribution is -0.707. The van der Waals surface area contributed by atoms with E-state index in [0.29, 0.717) is 0 Å². The molecule has 0 radical (unpaired) electrons. The summed E-state index contributed by atoms with van der Waals surface area (Å²) < 4.78 is 61.2. The van der Waals surface area contributed by atoms with E-state index in [4.69, 9.17) is 13.0 Å². The number of rotatable bonds is 2. The zero-order chi connectivity index (χ0) is 14.6. The van der Waals surface area contributed by atoms with Crippen LogP contribution in [-0.2, 0) is 16.7 Å². The van der Waals surface area contributed by atoms with Gasteiger partial charge in [-0.1, -0.05) is 6.92 Å². The van der Waals surface area contributed by atoms with Gasteiger partial charge in [0, 0.05) is 13.8 Å². The Morgan fingerprint density at radius 3 is 2.06 bits per heavy atom. The van der Waals surface area contributed by atoms with E-state index < -0.39 is 15.6 Å². The second-order valence-electron chi connectivity index (χ2n) is 3.57. The Labute approximate surface area is 103 Å². The molecule has 0 aromatic carbocycles. The highest BCUT2D eigenvalue weighted by Gasteiger charge is 2.36. The molecule has 0 aliphatic carbocycles. The van der Waals surface area contributed by atoms with Gasteiger partial charge in [-0.2, -0.15) is 13.2 Å². The van der Waals surface area contributed by atoms with E-state index in [-0.39, 0.29) is 0 Å².